The molecule has 0 saturated carbocycles. The van der Waals surface area contributed by atoms with Crippen molar-refractivity contribution in [3.63, 3.8) is 0 Å². The topological polar surface area (TPSA) is 77.4 Å². The summed E-state index contributed by atoms with van der Waals surface area (Å²) >= 11 is 0. The summed E-state index contributed by atoms with van der Waals surface area (Å²) < 4.78 is 0. The third-order valence-electron chi connectivity index (χ3n) is 1.89. The van der Waals surface area contributed by atoms with Gasteiger partial charge in [-0.15, -0.1) is 0 Å². The van der Waals surface area contributed by atoms with Gasteiger partial charge in [-0.2, -0.15) is 5.26 Å². The number of hydrogen-bond donors (Lipinski definition) is 2. The van der Waals surface area contributed by atoms with E-state index in [-0.39, 0.29) is 6.54 Å². The Bertz CT molecular complexity index is 493. The number of H-pyrrole nitrogens is 1. The normalized spacial score (nSPS) is 10.0. The molecule has 2 aromatic heterocycles. The molecule has 0 aliphatic heterocycles. The number of nitriles is 1. The average Bonchev–Trinajstić information content (AvgIpc) is 2.55. The number of rotatable bonds is 2. The van der Waals surface area contributed by atoms with Crippen molar-refractivity contribution in [3.8, 4) is 6.07 Å². The highest BCUT2D eigenvalue weighted by Crippen LogP contribution is 2.18. The Hall–Kier alpha value is -2.09. The van der Waals surface area contributed by atoms with Crippen LogP contribution in [-0.2, 0) is 0 Å². The SMILES string of the molecule is Cc1cc2ncnc(NCC#N)c2[nH]1. The molecular weight excluding hydrogens is 178 g/mol. The third-order valence-corrected chi connectivity index (χ3v) is 1.89. The number of anilines is 1. The minimum absolute atomic E-state index is 0.240. The molecule has 0 spiro atoms. The summed E-state index contributed by atoms with van der Waals surface area (Å²) in [6.07, 6.45) is 1.48. The Balaban J connectivity index is 2.48. The molecule has 5 nitrogen and oxygen atoms in total. The summed E-state index contributed by atoms with van der Waals surface area (Å²) in [5.41, 5.74) is 2.73. The number of fused-ring (bicyclic) bond motifs is 1. The molecule has 2 rings (SSSR count). The number of aryl methyl sites for hydroxylation is 1. The maximum Gasteiger partial charge on any atom is 0.154 e. The molecule has 0 aromatic carbocycles. The van der Waals surface area contributed by atoms with Crippen molar-refractivity contribution in [2.45, 2.75) is 6.92 Å². The van der Waals surface area contributed by atoms with Gasteiger partial charge < -0.3 is 10.3 Å². The maximum atomic E-state index is 8.44. The van der Waals surface area contributed by atoms with E-state index < -0.39 is 0 Å². The van der Waals surface area contributed by atoms with Crippen molar-refractivity contribution >= 4 is 16.9 Å². The molecule has 2 aromatic rings. The zero-order valence-corrected chi connectivity index (χ0v) is 7.70. The summed E-state index contributed by atoms with van der Waals surface area (Å²) in [5, 5.41) is 11.3. The van der Waals surface area contributed by atoms with Crippen molar-refractivity contribution in [3.05, 3.63) is 18.1 Å². The van der Waals surface area contributed by atoms with Crippen molar-refractivity contribution in [1.29, 1.82) is 5.26 Å². The van der Waals surface area contributed by atoms with Crippen LogP contribution < -0.4 is 5.32 Å². The van der Waals surface area contributed by atoms with Gasteiger partial charge in [-0.3, -0.25) is 0 Å². The number of aromatic amines is 1. The lowest BCUT2D eigenvalue weighted by atomic mass is 10.4. The lowest BCUT2D eigenvalue weighted by Crippen LogP contribution is -2.01. The van der Waals surface area contributed by atoms with E-state index in [1.54, 1.807) is 0 Å². The molecule has 0 saturated heterocycles. The Morgan fingerprint density at radius 3 is 3.21 bits per heavy atom. The van der Waals surface area contributed by atoms with E-state index in [1.165, 1.54) is 6.33 Å². The fourth-order valence-corrected chi connectivity index (χ4v) is 1.33. The number of nitrogens with one attached hydrogen (secondary N) is 2. The molecule has 70 valence electrons. The first-order valence-electron chi connectivity index (χ1n) is 4.22. The fraction of sp³-hybridized carbons (Fsp3) is 0.222. The number of aromatic nitrogens is 3. The highest BCUT2D eigenvalue weighted by atomic mass is 15.0. The van der Waals surface area contributed by atoms with Crippen LogP contribution in [0.15, 0.2) is 12.4 Å². The van der Waals surface area contributed by atoms with Crippen LogP contribution in [0.1, 0.15) is 5.69 Å². The second-order valence-corrected chi connectivity index (χ2v) is 2.95. The first-order chi connectivity index (χ1) is 6.81. The van der Waals surface area contributed by atoms with E-state index in [9.17, 15) is 0 Å². The molecule has 0 radical (unpaired) electrons. The van der Waals surface area contributed by atoms with Gasteiger partial charge in [0.25, 0.3) is 0 Å². The summed E-state index contributed by atoms with van der Waals surface area (Å²) in [6.45, 7) is 2.19. The molecule has 5 heteroatoms. The molecule has 2 N–H and O–H groups in total. The predicted molar refractivity (Wildman–Crippen MR) is 52.7 cm³/mol. The summed E-state index contributed by atoms with van der Waals surface area (Å²) in [5.74, 6) is 0.671. The third kappa shape index (κ3) is 1.38. The first-order valence-corrected chi connectivity index (χ1v) is 4.22. The first kappa shape index (κ1) is 8.51. The smallest absolute Gasteiger partial charge is 0.154 e. The van der Waals surface area contributed by atoms with Crippen LogP contribution in [0, 0.1) is 18.3 Å². The molecule has 0 unspecified atom stereocenters. The lowest BCUT2D eigenvalue weighted by Gasteiger charge is -2.00. The fourth-order valence-electron chi connectivity index (χ4n) is 1.33. The molecule has 14 heavy (non-hydrogen) atoms. The second kappa shape index (κ2) is 3.34. The largest absolute Gasteiger partial charge is 0.355 e. The van der Waals surface area contributed by atoms with Gasteiger partial charge in [0.15, 0.2) is 5.82 Å². The average molecular weight is 187 g/mol. The molecule has 0 atom stereocenters. The molecule has 0 amide bonds. The van der Waals surface area contributed by atoms with E-state index in [4.69, 9.17) is 5.26 Å². The Morgan fingerprint density at radius 1 is 1.57 bits per heavy atom. The van der Waals surface area contributed by atoms with Crippen LogP contribution in [0.3, 0.4) is 0 Å². The van der Waals surface area contributed by atoms with Crippen LogP contribution in [0.5, 0.6) is 0 Å². The Morgan fingerprint density at radius 2 is 2.43 bits per heavy atom. The number of hydrogen-bond acceptors (Lipinski definition) is 4. The van der Waals surface area contributed by atoms with Crippen LogP contribution in [-0.4, -0.2) is 21.5 Å². The van der Waals surface area contributed by atoms with Crippen LogP contribution >= 0.6 is 0 Å². The van der Waals surface area contributed by atoms with E-state index in [1.807, 2.05) is 19.1 Å². The monoisotopic (exact) mass is 187 g/mol. The lowest BCUT2D eigenvalue weighted by molar-refractivity contribution is 1.17. The molecular formula is C9H9N5. The van der Waals surface area contributed by atoms with E-state index in [0.29, 0.717) is 5.82 Å². The zero-order valence-electron chi connectivity index (χ0n) is 7.70. The zero-order chi connectivity index (χ0) is 9.97. The molecule has 0 aliphatic carbocycles. The molecule has 0 aliphatic rings. The van der Waals surface area contributed by atoms with Gasteiger partial charge in [-0.05, 0) is 13.0 Å². The number of nitrogens with zero attached hydrogens (tertiary/aromatic N) is 3. The van der Waals surface area contributed by atoms with Crippen molar-refractivity contribution < 1.29 is 0 Å². The minimum Gasteiger partial charge on any atom is -0.355 e. The van der Waals surface area contributed by atoms with E-state index in [0.717, 1.165) is 16.7 Å². The maximum absolute atomic E-state index is 8.44. The van der Waals surface area contributed by atoms with E-state index >= 15 is 0 Å². The predicted octanol–water partition coefficient (Wildman–Crippen LogP) is 1.20. The molecule has 0 fully saturated rings. The summed E-state index contributed by atoms with van der Waals surface area (Å²) in [6, 6.07) is 3.94. The van der Waals surface area contributed by atoms with Gasteiger partial charge in [0.05, 0.1) is 11.6 Å². The Labute approximate surface area is 80.8 Å². The highest BCUT2D eigenvalue weighted by Gasteiger charge is 2.04. The minimum atomic E-state index is 0.240. The van der Waals surface area contributed by atoms with E-state index in [2.05, 4.69) is 20.3 Å². The van der Waals surface area contributed by atoms with Gasteiger partial charge in [0.1, 0.15) is 18.4 Å². The van der Waals surface area contributed by atoms with Crippen LogP contribution in [0.2, 0.25) is 0 Å². The van der Waals surface area contributed by atoms with Crippen LogP contribution in [0.4, 0.5) is 5.82 Å². The van der Waals surface area contributed by atoms with Crippen molar-refractivity contribution in [1.82, 2.24) is 15.0 Å². The highest BCUT2D eigenvalue weighted by molar-refractivity contribution is 5.86. The van der Waals surface area contributed by atoms with Crippen molar-refractivity contribution in [2.75, 3.05) is 11.9 Å². The van der Waals surface area contributed by atoms with Crippen molar-refractivity contribution in [2.24, 2.45) is 0 Å². The molecule has 2 heterocycles. The Kier molecular flexibility index (Phi) is 2.03. The van der Waals surface area contributed by atoms with Gasteiger partial charge in [-0.25, -0.2) is 9.97 Å². The quantitative estimate of drug-likeness (QED) is 0.692. The van der Waals surface area contributed by atoms with Gasteiger partial charge in [0.2, 0.25) is 0 Å². The summed E-state index contributed by atoms with van der Waals surface area (Å²) in [7, 11) is 0. The van der Waals surface area contributed by atoms with Gasteiger partial charge in [-0.1, -0.05) is 0 Å². The standard InChI is InChI=1S/C9H9N5/c1-6-4-7-8(14-6)9(11-3-2-10)13-5-12-7/h4-5,14H,3H2,1H3,(H,11,12,13). The second-order valence-electron chi connectivity index (χ2n) is 2.95. The van der Waals surface area contributed by atoms with Crippen LogP contribution in [0.25, 0.3) is 11.0 Å². The van der Waals surface area contributed by atoms with Gasteiger partial charge >= 0.3 is 0 Å². The summed E-state index contributed by atoms with van der Waals surface area (Å²) in [4.78, 5) is 11.3. The van der Waals surface area contributed by atoms with Gasteiger partial charge in [0, 0.05) is 5.69 Å². The molecule has 0 bridgehead atoms.